The van der Waals surface area contributed by atoms with Crippen molar-refractivity contribution >= 4 is 11.9 Å². The zero-order valence-electron chi connectivity index (χ0n) is 12.6. The molecule has 0 saturated carbocycles. The van der Waals surface area contributed by atoms with Crippen molar-refractivity contribution in [2.45, 2.75) is 32.7 Å². The lowest BCUT2D eigenvalue weighted by Crippen LogP contribution is -2.34. The first kappa shape index (κ1) is 15.8. The number of furan rings is 1. The number of carbonyl (C=O) groups excluding carboxylic acids is 1. The minimum absolute atomic E-state index is 0.216. The number of nitrogens with one attached hydrogen (secondary N) is 1. The first-order valence-corrected chi connectivity index (χ1v) is 7.08. The SMILES string of the molecule is Cc1cccc(C(NC(=O)CCc2ccoc2)C(=O)O)c1C. The van der Waals surface area contributed by atoms with Crippen molar-refractivity contribution in [2.75, 3.05) is 0 Å². The van der Waals surface area contributed by atoms with Gasteiger partial charge in [0.1, 0.15) is 0 Å². The Labute approximate surface area is 129 Å². The molecule has 0 radical (unpaired) electrons. The number of aryl methyl sites for hydroxylation is 2. The third-order valence-electron chi connectivity index (χ3n) is 3.73. The summed E-state index contributed by atoms with van der Waals surface area (Å²) in [5.74, 6) is -1.36. The van der Waals surface area contributed by atoms with Crippen molar-refractivity contribution in [3.05, 3.63) is 59.0 Å². The van der Waals surface area contributed by atoms with Crippen LogP contribution in [0.25, 0.3) is 0 Å². The molecule has 22 heavy (non-hydrogen) atoms. The van der Waals surface area contributed by atoms with Gasteiger partial charge in [0.25, 0.3) is 0 Å². The molecule has 1 heterocycles. The van der Waals surface area contributed by atoms with E-state index in [1.807, 2.05) is 19.9 Å². The number of benzene rings is 1. The van der Waals surface area contributed by atoms with E-state index in [1.165, 1.54) is 0 Å². The summed E-state index contributed by atoms with van der Waals surface area (Å²) in [6.07, 6.45) is 3.85. The molecule has 2 aromatic rings. The number of carboxylic acid groups (broad SMARTS) is 1. The molecule has 0 saturated heterocycles. The van der Waals surface area contributed by atoms with E-state index < -0.39 is 12.0 Å². The van der Waals surface area contributed by atoms with Gasteiger partial charge in [0.05, 0.1) is 12.5 Å². The van der Waals surface area contributed by atoms with E-state index in [0.29, 0.717) is 12.0 Å². The van der Waals surface area contributed by atoms with Crippen LogP contribution in [0.4, 0.5) is 0 Å². The molecule has 0 aliphatic carbocycles. The van der Waals surface area contributed by atoms with Gasteiger partial charge in [0, 0.05) is 6.42 Å². The summed E-state index contributed by atoms with van der Waals surface area (Å²) in [7, 11) is 0. The zero-order chi connectivity index (χ0) is 16.1. The third kappa shape index (κ3) is 3.75. The molecule has 1 atom stereocenters. The molecule has 2 N–H and O–H groups in total. The number of aliphatic carboxylic acids is 1. The fourth-order valence-electron chi connectivity index (χ4n) is 2.28. The first-order chi connectivity index (χ1) is 10.5. The molecule has 0 bridgehead atoms. The van der Waals surface area contributed by atoms with Gasteiger partial charge in [0.15, 0.2) is 6.04 Å². The normalized spacial score (nSPS) is 11.9. The van der Waals surface area contributed by atoms with E-state index in [9.17, 15) is 14.7 Å². The number of amides is 1. The van der Waals surface area contributed by atoms with Crippen LogP contribution >= 0.6 is 0 Å². The minimum Gasteiger partial charge on any atom is -0.479 e. The number of hydrogen-bond acceptors (Lipinski definition) is 3. The van der Waals surface area contributed by atoms with Crippen molar-refractivity contribution in [2.24, 2.45) is 0 Å². The molecule has 0 aliphatic rings. The summed E-state index contributed by atoms with van der Waals surface area (Å²) in [6.45, 7) is 3.77. The van der Waals surface area contributed by atoms with Crippen LogP contribution in [0.5, 0.6) is 0 Å². The summed E-state index contributed by atoms with van der Waals surface area (Å²) in [6, 6.07) is 6.20. The van der Waals surface area contributed by atoms with Gasteiger partial charge in [-0.2, -0.15) is 0 Å². The van der Waals surface area contributed by atoms with Crippen LogP contribution in [0.1, 0.15) is 34.7 Å². The van der Waals surface area contributed by atoms with E-state index in [2.05, 4.69) is 5.32 Å². The highest BCUT2D eigenvalue weighted by Crippen LogP contribution is 2.21. The Morgan fingerprint density at radius 1 is 1.27 bits per heavy atom. The average Bonchev–Trinajstić information content (AvgIpc) is 2.99. The maximum atomic E-state index is 12.0. The van der Waals surface area contributed by atoms with Crippen LogP contribution in [-0.4, -0.2) is 17.0 Å². The van der Waals surface area contributed by atoms with Crippen molar-refractivity contribution < 1.29 is 19.1 Å². The lowest BCUT2D eigenvalue weighted by Gasteiger charge is -2.18. The molecule has 1 unspecified atom stereocenters. The van der Waals surface area contributed by atoms with Crippen LogP contribution in [-0.2, 0) is 16.0 Å². The number of carbonyl (C=O) groups is 2. The van der Waals surface area contributed by atoms with Crippen molar-refractivity contribution in [1.82, 2.24) is 5.32 Å². The van der Waals surface area contributed by atoms with Crippen molar-refractivity contribution in [3.8, 4) is 0 Å². The number of rotatable bonds is 6. The summed E-state index contributed by atoms with van der Waals surface area (Å²) >= 11 is 0. The molecule has 5 heteroatoms. The van der Waals surface area contributed by atoms with E-state index >= 15 is 0 Å². The Hall–Kier alpha value is -2.56. The molecule has 2 rings (SSSR count). The monoisotopic (exact) mass is 301 g/mol. The zero-order valence-corrected chi connectivity index (χ0v) is 12.6. The number of carboxylic acids is 1. The van der Waals surface area contributed by atoms with Gasteiger partial charge in [-0.1, -0.05) is 18.2 Å². The highest BCUT2D eigenvalue weighted by molar-refractivity contribution is 5.85. The highest BCUT2D eigenvalue weighted by atomic mass is 16.4. The second kappa shape index (κ2) is 6.93. The van der Waals surface area contributed by atoms with Crippen LogP contribution in [0.3, 0.4) is 0 Å². The maximum absolute atomic E-state index is 12.0. The van der Waals surface area contributed by atoms with Crippen LogP contribution in [0, 0.1) is 13.8 Å². The number of hydrogen-bond donors (Lipinski definition) is 2. The van der Waals surface area contributed by atoms with Crippen molar-refractivity contribution in [1.29, 1.82) is 0 Å². The summed E-state index contributed by atoms with van der Waals surface area (Å²) in [5, 5.41) is 12.0. The Bertz CT molecular complexity index is 661. The van der Waals surface area contributed by atoms with E-state index in [1.54, 1.807) is 30.7 Å². The largest absolute Gasteiger partial charge is 0.479 e. The molecule has 1 amide bonds. The van der Waals surface area contributed by atoms with Gasteiger partial charge in [-0.15, -0.1) is 0 Å². The highest BCUT2D eigenvalue weighted by Gasteiger charge is 2.23. The van der Waals surface area contributed by atoms with Gasteiger partial charge in [0.2, 0.25) is 5.91 Å². The van der Waals surface area contributed by atoms with Gasteiger partial charge >= 0.3 is 5.97 Å². The quantitative estimate of drug-likeness (QED) is 0.860. The summed E-state index contributed by atoms with van der Waals surface area (Å²) in [4.78, 5) is 23.5. The molecule has 0 spiro atoms. The fourth-order valence-corrected chi connectivity index (χ4v) is 2.28. The second-order valence-corrected chi connectivity index (χ2v) is 5.26. The topological polar surface area (TPSA) is 79.5 Å². The second-order valence-electron chi connectivity index (χ2n) is 5.26. The Kier molecular flexibility index (Phi) is 4.99. The van der Waals surface area contributed by atoms with Crippen LogP contribution < -0.4 is 5.32 Å². The molecule has 1 aromatic heterocycles. The van der Waals surface area contributed by atoms with Gasteiger partial charge < -0.3 is 14.8 Å². The first-order valence-electron chi connectivity index (χ1n) is 7.08. The Morgan fingerprint density at radius 3 is 2.68 bits per heavy atom. The van der Waals surface area contributed by atoms with Crippen LogP contribution in [0.15, 0.2) is 41.2 Å². The molecule has 5 nitrogen and oxygen atoms in total. The fraction of sp³-hybridized carbons (Fsp3) is 0.294. The lowest BCUT2D eigenvalue weighted by molar-refractivity contribution is -0.142. The third-order valence-corrected chi connectivity index (χ3v) is 3.73. The lowest BCUT2D eigenvalue weighted by atomic mass is 9.97. The Balaban J connectivity index is 2.07. The molecule has 0 aliphatic heterocycles. The molecular formula is C17H19NO4. The molecular weight excluding hydrogens is 282 g/mol. The summed E-state index contributed by atoms with van der Waals surface area (Å²) in [5.41, 5.74) is 3.40. The van der Waals surface area contributed by atoms with E-state index in [0.717, 1.165) is 16.7 Å². The standard InChI is InChI=1S/C17H19NO4/c1-11-4-3-5-14(12(11)2)16(17(20)21)18-15(19)7-6-13-8-9-22-10-13/h3-5,8-10,16H,6-7H2,1-2H3,(H,18,19)(H,20,21). The van der Waals surface area contributed by atoms with Gasteiger partial charge in [-0.05, 0) is 48.6 Å². The average molecular weight is 301 g/mol. The van der Waals surface area contributed by atoms with E-state index in [-0.39, 0.29) is 12.3 Å². The Morgan fingerprint density at radius 2 is 2.05 bits per heavy atom. The van der Waals surface area contributed by atoms with Crippen LogP contribution in [0.2, 0.25) is 0 Å². The molecule has 1 aromatic carbocycles. The van der Waals surface area contributed by atoms with E-state index in [4.69, 9.17) is 4.42 Å². The maximum Gasteiger partial charge on any atom is 0.330 e. The molecule has 0 fully saturated rings. The van der Waals surface area contributed by atoms with Crippen molar-refractivity contribution in [3.63, 3.8) is 0 Å². The summed E-state index contributed by atoms with van der Waals surface area (Å²) < 4.78 is 4.94. The smallest absolute Gasteiger partial charge is 0.330 e. The van der Waals surface area contributed by atoms with Gasteiger partial charge in [-0.3, -0.25) is 4.79 Å². The molecule has 116 valence electrons. The predicted molar refractivity (Wildman–Crippen MR) is 81.5 cm³/mol. The van der Waals surface area contributed by atoms with Gasteiger partial charge in [-0.25, -0.2) is 4.79 Å². The minimum atomic E-state index is -1.06. The predicted octanol–water partition coefficient (Wildman–Crippen LogP) is 2.77.